The molecule has 1 aromatic carbocycles. The number of hydrogen-bond donors (Lipinski definition) is 2. The molecule has 0 bridgehead atoms. The molecule has 6 nitrogen and oxygen atoms in total. The summed E-state index contributed by atoms with van der Waals surface area (Å²) < 4.78 is 5.13. The topological polar surface area (TPSA) is 76.1 Å². The normalized spacial score (nSPS) is 10.1. The van der Waals surface area contributed by atoms with Crippen LogP contribution in [0.5, 0.6) is 5.75 Å². The van der Waals surface area contributed by atoms with E-state index < -0.39 is 0 Å². The monoisotopic (exact) mass is 334 g/mol. The van der Waals surface area contributed by atoms with Crippen molar-refractivity contribution in [3.63, 3.8) is 0 Å². The molecule has 0 aliphatic rings. The van der Waals surface area contributed by atoms with Gasteiger partial charge >= 0.3 is 0 Å². The van der Waals surface area contributed by atoms with Gasteiger partial charge in [-0.05, 0) is 48.0 Å². The molecule has 2 heterocycles. The van der Waals surface area contributed by atoms with Crippen molar-refractivity contribution in [1.29, 1.82) is 0 Å². The van der Waals surface area contributed by atoms with Gasteiger partial charge in [0.25, 0.3) is 5.91 Å². The molecule has 0 spiro atoms. The number of aromatic nitrogens is 2. The van der Waals surface area contributed by atoms with Crippen LogP contribution in [0.1, 0.15) is 16.1 Å². The molecular formula is C19H18N4O2. The van der Waals surface area contributed by atoms with Gasteiger partial charge in [-0.1, -0.05) is 6.07 Å². The number of nitrogens with one attached hydrogen (secondary N) is 2. The maximum Gasteiger partial charge on any atom is 0.270 e. The third kappa shape index (κ3) is 4.54. The third-order valence-corrected chi connectivity index (χ3v) is 3.55. The number of pyridine rings is 2. The molecule has 126 valence electrons. The van der Waals surface area contributed by atoms with Gasteiger partial charge in [0.2, 0.25) is 0 Å². The first-order chi connectivity index (χ1) is 12.2. The Morgan fingerprint density at radius 3 is 2.48 bits per heavy atom. The molecule has 0 aliphatic carbocycles. The van der Waals surface area contributed by atoms with Gasteiger partial charge in [-0.15, -0.1) is 0 Å². The Kier molecular flexibility index (Phi) is 5.21. The van der Waals surface area contributed by atoms with Crippen LogP contribution in [0.25, 0.3) is 0 Å². The quantitative estimate of drug-likeness (QED) is 0.724. The van der Waals surface area contributed by atoms with E-state index in [1.165, 1.54) is 0 Å². The highest BCUT2D eigenvalue weighted by Crippen LogP contribution is 2.19. The number of carbonyl (C=O) groups excluding carboxylic acids is 1. The maximum atomic E-state index is 12.1. The molecule has 2 aromatic heterocycles. The van der Waals surface area contributed by atoms with Gasteiger partial charge in [0.05, 0.1) is 19.0 Å². The van der Waals surface area contributed by atoms with Crippen LogP contribution in [0.2, 0.25) is 0 Å². The van der Waals surface area contributed by atoms with Gasteiger partial charge in [-0.3, -0.25) is 9.78 Å². The number of amides is 1. The Bertz CT molecular complexity index is 818. The van der Waals surface area contributed by atoms with Crippen LogP contribution in [-0.4, -0.2) is 23.0 Å². The summed E-state index contributed by atoms with van der Waals surface area (Å²) in [5.74, 6) is 0.573. The fourth-order valence-corrected chi connectivity index (χ4v) is 2.22. The van der Waals surface area contributed by atoms with Gasteiger partial charge in [0.15, 0.2) is 0 Å². The van der Waals surface area contributed by atoms with E-state index in [9.17, 15) is 4.79 Å². The van der Waals surface area contributed by atoms with E-state index >= 15 is 0 Å². The van der Waals surface area contributed by atoms with Crippen molar-refractivity contribution in [2.75, 3.05) is 12.4 Å². The molecule has 0 atom stereocenters. The number of methoxy groups -OCH3 is 1. The number of benzene rings is 1. The Hall–Kier alpha value is -3.41. The van der Waals surface area contributed by atoms with Crippen LogP contribution in [-0.2, 0) is 6.54 Å². The van der Waals surface area contributed by atoms with Gasteiger partial charge in [-0.2, -0.15) is 0 Å². The van der Waals surface area contributed by atoms with Crippen molar-refractivity contribution < 1.29 is 9.53 Å². The zero-order valence-corrected chi connectivity index (χ0v) is 13.8. The number of ether oxygens (including phenoxy) is 1. The van der Waals surface area contributed by atoms with E-state index in [2.05, 4.69) is 20.6 Å². The zero-order chi connectivity index (χ0) is 17.5. The SMILES string of the molecule is COc1ccc(Nc2ccc(C(=O)NCc3cccnc3)nc2)cc1. The van der Waals surface area contributed by atoms with Crippen LogP contribution in [0.3, 0.4) is 0 Å². The lowest BCUT2D eigenvalue weighted by atomic mass is 10.2. The van der Waals surface area contributed by atoms with Crippen LogP contribution < -0.4 is 15.4 Å². The molecule has 0 saturated heterocycles. The minimum atomic E-state index is -0.222. The molecule has 0 fully saturated rings. The van der Waals surface area contributed by atoms with Crippen LogP contribution in [0.15, 0.2) is 67.1 Å². The summed E-state index contributed by atoms with van der Waals surface area (Å²) in [7, 11) is 1.63. The van der Waals surface area contributed by atoms with Crippen molar-refractivity contribution in [3.05, 3.63) is 78.4 Å². The Morgan fingerprint density at radius 1 is 1.04 bits per heavy atom. The molecule has 1 amide bonds. The van der Waals surface area contributed by atoms with Gasteiger partial charge < -0.3 is 15.4 Å². The Balaban J connectivity index is 1.58. The van der Waals surface area contributed by atoms with E-state index in [-0.39, 0.29) is 5.91 Å². The van der Waals surface area contributed by atoms with Crippen molar-refractivity contribution in [2.24, 2.45) is 0 Å². The first-order valence-electron chi connectivity index (χ1n) is 7.79. The predicted octanol–water partition coefficient (Wildman–Crippen LogP) is 3.16. The first-order valence-corrected chi connectivity index (χ1v) is 7.79. The minimum Gasteiger partial charge on any atom is -0.497 e. The molecular weight excluding hydrogens is 316 g/mol. The summed E-state index contributed by atoms with van der Waals surface area (Å²) in [4.78, 5) is 20.4. The van der Waals surface area contributed by atoms with Crippen LogP contribution >= 0.6 is 0 Å². The molecule has 0 aliphatic heterocycles. The highest BCUT2D eigenvalue weighted by atomic mass is 16.5. The first kappa shape index (κ1) is 16.4. The number of hydrogen-bond acceptors (Lipinski definition) is 5. The number of rotatable bonds is 6. The molecule has 6 heteroatoms. The van der Waals surface area contributed by atoms with E-state index in [4.69, 9.17) is 4.74 Å². The van der Waals surface area contributed by atoms with E-state index in [1.807, 2.05) is 42.5 Å². The smallest absolute Gasteiger partial charge is 0.270 e. The second kappa shape index (κ2) is 7.92. The van der Waals surface area contributed by atoms with E-state index in [1.54, 1.807) is 31.8 Å². The van der Waals surface area contributed by atoms with Gasteiger partial charge in [-0.25, -0.2) is 4.98 Å². The fraction of sp³-hybridized carbons (Fsp3) is 0.105. The number of nitrogens with zero attached hydrogens (tertiary/aromatic N) is 2. The Labute approximate surface area is 145 Å². The molecule has 3 aromatic rings. The van der Waals surface area contributed by atoms with Crippen molar-refractivity contribution >= 4 is 17.3 Å². The summed E-state index contributed by atoms with van der Waals surface area (Å²) in [6.07, 6.45) is 5.04. The second-order valence-electron chi connectivity index (χ2n) is 5.33. The largest absolute Gasteiger partial charge is 0.497 e. The molecule has 3 rings (SSSR count). The lowest BCUT2D eigenvalue weighted by Crippen LogP contribution is -2.23. The van der Waals surface area contributed by atoms with E-state index in [0.29, 0.717) is 12.2 Å². The van der Waals surface area contributed by atoms with Crippen LogP contribution in [0, 0.1) is 0 Å². The minimum absolute atomic E-state index is 0.222. The summed E-state index contributed by atoms with van der Waals surface area (Å²) in [5.41, 5.74) is 3.02. The van der Waals surface area contributed by atoms with Crippen molar-refractivity contribution in [1.82, 2.24) is 15.3 Å². The highest BCUT2D eigenvalue weighted by molar-refractivity contribution is 5.92. The maximum absolute atomic E-state index is 12.1. The molecule has 0 unspecified atom stereocenters. The average molecular weight is 334 g/mol. The highest BCUT2D eigenvalue weighted by Gasteiger charge is 2.07. The van der Waals surface area contributed by atoms with Crippen LogP contribution in [0.4, 0.5) is 11.4 Å². The summed E-state index contributed by atoms with van der Waals surface area (Å²) >= 11 is 0. The summed E-state index contributed by atoms with van der Waals surface area (Å²) in [6, 6.07) is 14.8. The number of anilines is 2. The summed E-state index contributed by atoms with van der Waals surface area (Å²) in [5, 5.41) is 6.04. The average Bonchev–Trinajstić information content (AvgIpc) is 2.68. The van der Waals surface area contributed by atoms with Gasteiger partial charge in [0.1, 0.15) is 11.4 Å². The number of carbonyl (C=O) groups is 1. The summed E-state index contributed by atoms with van der Waals surface area (Å²) in [6.45, 7) is 0.417. The van der Waals surface area contributed by atoms with E-state index in [0.717, 1.165) is 22.7 Å². The standard InChI is InChI=1S/C19H18N4O2/c1-25-17-7-4-15(5-8-17)23-16-6-9-18(21-13-16)19(24)22-12-14-3-2-10-20-11-14/h2-11,13,23H,12H2,1H3,(H,22,24). The molecule has 0 saturated carbocycles. The lowest BCUT2D eigenvalue weighted by molar-refractivity contribution is 0.0946. The molecule has 2 N–H and O–H groups in total. The van der Waals surface area contributed by atoms with Crippen molar-refractivity contribution in [2.45, 2.75) is 6.54 Å². The fourth-order valence-electron chi connectivity index (χ4n) is 2.22. The molecule has 25 heavy (non-hydrogen) atoms. The second-order valence-corrected chi connectivity index (χ2v) is 5.33. The Morgan fingerprint density at radius 2 is 1.84 bits per heavy atom. The lowest BCUT2D eigenvalue weighted by Gasteiger charge is -2.08. The third-order valence-electron chi connectivity index (χ3n) is 3.55. The van der Waals surface area contributed by atoms with Crippen molar-refractivity contribution in [3.8, 4) is 5.75 Å². The molecule has 0 radical (unpaired) electrons. The zero-order valence-electron chi connectivity index (χ0n) is 13.8. The van der Waals surface area contributed by atoms with Gasteiger partial charge in [0, 0.05) is 24.6 Å². The predicted molar refractivity (Wildman–Crippen MR) is 95.9 cm³/mol.